The summed E-state index contributed by atoms with van der Waals surface area (Å²) in [6, 6.07) is 0. The van der Waals surface area contributed by atoms with E-state index in [0.29, 0.717) is 6.42 Å². The van der Waals surface area contributed by atoms with Crippen LogP contribution < -0.4 is 5.73 Å². The Morgan fingerprint density at radius 1 is 0.556 bits per heavy atom. The number of hydrogen-bond donors (Lipinski definition) is 2. The van der Waals surface area contributed by atoms with Crippen molar-refractivity contribution in [3.05, 3.63) is 36.5 Å². The van der Waals surface area contributed by atoms with Gasteiger partial charge in [0.25, 0.3) is 0 Å². The lowest BCUT2D eigenvalue weighted by molar-refractivity contribution is -0.161. The van der Waals surface area contributed by atoms with Gasteiger partial charge in [0.1, 0.15) is 6.61 Å². The molecule has 0 fully saturated rings. The number of phosphoric acid groups is 1. The first-order valence-corrected chi connectivity index (χ1v) is 23.5. The normalized spacial score (nSPS) is 13.6. The van der Waals surface area contributed by atoms with Gasteiger partial charge in [-0.05, 0) is 51.4 Å². The minimum Gasteiger partial charge on any atom is -0.462 e. The highest BCUT2D eigenvalue weighted by Crippen LogP contribution is 2.43. The fourth-order valence-corrected chi connectivity index (χ4v) is 6.76. The van der Waals surface area contributed by atoms with E-state index < -0.39 is 32.5 Å². The lowest BCUT2D eigenvalue weighted by Crippen LogP contribution is -2.29. The van der Waals surface area contributed by atoms with E-state index >= 15 is 0 Å². The van der Waals surface area contributed by atoms with Crippen molar-refractivity contribution in [2.75, 3.05) is 26.4 Å². The minimum absolute atomic E-state index is 0.0535. The molecule has 54 heavy (non-hydrogen) atoms. The zero-order chi connectivity index (χ0) is 39.6. The molecule has 9 nitrogen and oxygen atoms in total. The van der Waals surface area contributed by atoms with Gasteiger partial charge < -0.3 is 20.1 Å². The highest BCUT2D eigenvalue weighted by Gasteiger charge is 2.26. The van der Waals surface area contributed by atoms with Gasteiger partial charge in [0.05, 0.1) is 13.2 Å². The molecule has 0 aliphatic heterocycles. The topological polar surface area (TPSA) is 134 Å². The molecular weight excluding hydrogens is 701 g/mol. The van der Waals surface area contributed by atoms with Gasteiger partial charge in [0, 0.05) is 19.4 Å². The monoisotopic (exact) mass is 784 g/mol. The van der Waals surface area contributed by atoms with Crippen LogP contribution in [-0.4, -0.2) is 49.3 Å². The van der Waals surface area contributed by atoms with Gasteiger partial charge in [0.15, 0.2) is 6.10 Å². The van der Waals surface area contributed by atoms with Crippen LogP contribution in [0.2, 0.25) is 0 Å². The standard InChI is InChI=1S/C44H82NO8P/c1-3-5-7-9-11-12-13-14-15-16-17-18-19-20-21-22-23-24-25-26-27-28-29-30-31-33-35-37-44(47)53-42(41-52-54(48,49)51-39-38-45)40-50-43(46)36-34-32-10-8-6-4-2/h13-14,16-17,19-20,42H,3-12,15,18,21-41,45H2,1-2H3,(H,48,49)/b14-13-,17-16-,20-19-. The Morgan fingerprint density at radius 3 is 1.43 bits per heavy atom. The summed E-state index contributed by atoms with van der Waals surface area (Å²) in [4.78, 5) is 34.6. The number of carbonyl (C=O) groups excluding carboxylic acids is 2. The fourth-order valence-electron chi connectivity index (χ4n) is 5.99. The van der Waals surface area contributed by atoms with Crippen molar-refractivity contribution in [2.24, 2.45) is 5.73 Å². The molecule has 0 rings (SSSR count). The average Bonchev–Trinajstić information content (AvgIpc) is 3.16. The smallest absolute Gasteiger partial charge is 0.462 e. The van der Waals surface area contributed by atoms with Gasteiger partial charge in [-0.1, -0.05) is 172 Å². The van der Waals surface area contributed by atoms with Crippen LogP contribution in [0.15, 0.2) is 36.5 Å². The molecule has 0 aliphatic rings. The van der Waals surface area contributed by atoms with Crippen molar-refractivity contribution in [2.45, 2.75) is 206 Å². The number of hydrogen-bond acceptors (Lipinski definition) is 8. The number of esters is 2. The third kappa shape index (κ3) is 39.9. The molecule has 316 valence electrons. The van der Waals surface area contributed by atoms with E-state index in [1.54, 1.807) is 0 Å². The number of allylic oxidation sites excluding steroid dienone is 6. The first-order valence-electron chi connectivity index (χ1n) is 22.0. The van der Waals surface area contributed by atoms with E-state index in [9.17, 15) is 19.0 Å². The minimum atomic E-state index is -4.37. The Hall–Kier alpha value is -1.77. The Labute approximate surface area is 331 Å². The maximum Gasteiger partial charge on any atom is 0.472 e. The van der Waals surface area contributed by atoms with Gasteiger partial charge in [-0.3, -0.25) is 18.6 Å². The Balaban J connectivity index is 3.91. The second-order valence-corrected chi connectivity index (χ2v) is 16.0. The highest BCUT2D eigenvalue weighted by molar-refractivity contribution is 7.47. The zero-order valence-electron chi connectivity index (χ0n) is 34.7. The van der Waals surface area contributed by atoms with E-state index in [1.165, 1.54) is 109 Å². The van der Waals surface area contributed by atoms with Crippen molar-refractivity contribution in [3.63, 3.8) is 0 Å². The summed E-state index contributed by atoms with van der Waals surface area (Å²) in [6.07, 6.45) is 45.1. The Kier molecular flexibility index (Phi) is 39.5. The van der Waals surface area contributed by atoms with Crippen molar-refractivity contribution < 1.29 is 37.6 Å². The van der Waals surface area contributed by atoms with Crippen molar-refractivity contribution in [1.29, 1.82) is 0 Å². The summed E-state index contributed by atoms with van der Waals surface area (Å²) >= 11 is 0. The molecule has 0 aromatic heterocycles. The molecule has 2 unspecified atom stereocenters. The number of unbranched alkanes of at least 4 members (excludes halogenated alkanes) is 22. The van der Waals surface area contributed by atoms with E-state index in [1.807, 2.05) is 0 Å². The number of phosphoric ester groups is 1. The second kappa shape index (κ2) is 40.9. The molecular formula is C44H82NO8P. The zero-order valence-corrected chi connectivity index (χ0v) is 35.6. The molecule has 0 heterocycles. The molecule has 2 atom stereocenters. The molecule has 0 saturated carbocycles. The molecule has 10 heteroatoms. The number of ether oxygens (including phenoxy) is 2. The van der Waals surface area contributed by atoms with Gasteiger partial charge in [-0.15, -0.1) is 0 Å². The van der Waals surface area contributed by atoms with Gasteiger partial charge >= 0.3 is 19.8 Å². The first-order chi connectivity index (χ1) is 26.3. The SMILES string of the molecule is CCCCCCC/C=C\C/C=C\C/C=C\CCCCCCCCCCCCCCC(=O)OC(COC(=O)CCCCCCCC)COP(=O)(O)OCCN. The average molecular weight is 784 g/mol. The van der Waals surface area contributed by atoms with Crippen LogP contribution in [-0.2, 0) is 32.7 Å². The van der Waals surface area contributed by atoms with E-state index in [4.69, 9.17) is 24.3 Å². The molecule has 0 radical (unpaired) electrons. The van der Waals surface area contributed by atoms with E-state index in [0.717, 1.165) is 57.8 Å². The highest BCUT2D eigenvalue weighted by atomic mass is 31.2. The molecule has 0 aromatic rings. The summed E-state index contributed by atoms with van der Waals surface area (Å²) in [5.74, 6) is -0.838. The lowest BCUT2D eigenvalue weighted by atomic mass is 10.0. The van der Waals surface area contributed by atoms with Crippen molar-refractivity contribution in [1.82, 2.24) is 0 Å². The summed E-state index contributed by atoms with van der Waals surface area (Å²) in [6.45, 7) is 3.65. The first kappa shape index (κ1) is 52.2. The quantitative estimate of drug-likeness (QED) is 0.0269. The molecule has 0 aliphatic carbocycles. The number of rotatable bonds is 41. The maximum absolute atomic E-state index is 12.5. The molecule has 0 bridgehead atoms. The number of carbonyl (C=O) groups is 2. The van der Waals surface area contributed by atoms with Crippen LogP contribution in [0.4, 0.5) is 0 Å². The summed E-state index contributed by atoms with van der Waals surface area (Å²) < 4.78 is 32.6. The molecule has 0 spiro atoms. The summed E-state index contributed by atoms with van der Waals surface area (Å²) in [5, 5.41) is 0. The Bertz CT molecular complexity index is 986. The largest absolute Gasteiger partial charge is 0.472 e. The van der Waals surface area contributed by atoms with Crippen LogP contribution in [0.1, 0.15) is 200 Å². The van der Waals surface area contributed by atoms with Gasteiger partial charge in [0.2, 0.25) is 0 Å². The second-order valence-electron chi connectivity index (χ2n) is 14.6. The van der Waals surface area contributed by atoms with Crippen molar-refractivity contribution in [3.8, 4) is 0 Å². The fraction of sp³-hybridized carbons (Fsp3) is 0.818. The predicted molar refractivity (Wildman–Crippen MR) is 224 cm³/mol. The van der Waals surface area contributed by atoms with Crippen LogP contribution in [0.3, 0.4) is 0 Å². The molecule has 0 amide bonds. The van der Waals surface area contributed by atoms with Crippen LogP contribution in [0.5, 0.6) is 0 Å². The van der Waals surface area contributed by atoms with Crippen LogP contribution in [0, 0.1) is 0 Å². The van der Waals surface area contributed by atoms with Crippen LogP contribution in [0.25, 0.3) is 0 Å². The molecule has 0 saturated heterocycles. The van der Waals surface area contributed by atoms with Crippen molar-refractivity contribution >= 4 is 19.8 Å². The molecule has 3 N–H and O–H groups in total. The van der Waals surface area contributed by atoms with E-state index in [2.05, 4.69) is 50.3 Å². The maximum atomic E-state index is 12.5. The lowest BCUT2D eigenvalue weighted by Gasteiger charge is -2.19. The third-order valence-electron chi connectivity index (χ3n) is 9.28. The summed E-state index contributed by atoms with van der Waals surface area (Å²) in [7, 11) is -4.37. The summed E-state index contributed by atoms with van der Waals surface area (Å²) in [5.41, 5.74) is 5.33. The van der Waals surface area contributed by atoms with Gasteiger partial charge in [-0.2, -0.15) is 0 Å². The third-order valence-corrected chi connectivity index (χ3v) is 10.3. The predicted octanol–water partition coefficient (Wildman–Crippen LogP) is 12.6. The number of nitrogens with two attached hydrogens (primary N) is 1. The van der Waals surface area contributed by atoms with E-state index in [-0.39, 0.29) is 32.6 Å². The Morgan fingerprint density at radius 2 is 0.963 bits per heavy atom. The van der Waals surface area contributed by atoms with Gasteiger partial charge in [-0.25, -0.2) is 4.57 Å². The van der Waals surface area contributed by atoms with Crippen LogP contribution >= 0.6 is 7.82 Å². The molecule has 0 aromatic carbocycles.